The fourth-order valence-electron chi connectivity index (χ4n) is 3.82. The predicted molar refractivity (Wildman–Crippen MR) is 161 cm³/mol. The van der Waals surface area contributed by atoms with E-state index in [0.717, 1.165) is 5.75 Å². The second-order valence-electron chi connectivity index (χ2n) is 8.48. The zero-order chi connectivity index (χ0) is 28.4. The Morgan fingerprint density at radius 1 is 0.800 bits per heavy atom. The van der Waals surface area contributed by atoms with Gasteiger partial charge in [-0.1, -0.05) is 42.5 Å². The van der Waals surface area contributed by atoms with Crippen LogP contribution >= 0.6 is 12.2 Å². The molecule has 0 aromatic heterocycles. The molecule has 40 heavy (non-hydrogen) atoms. The lowest BCUT2D eigenvalue weighted by atomic mass is 10.2. The van der Waals surface area contributed by atoms with E-state index in [1.807, 2.05) is 36.4 Å². The van der Waals surface area contributed by atoms with Crippen molar-refractivity contribution in [2.45, 2.75) is 11.8 Å². The average molecular weight is 576 g/mol. The summed E-state index contributed by atoms with van der Waals surface area (Å²) >= 11 is 5.29. The lowest BCUT2D eigenvalue weighted by Crippen LogP contribution is -2.34. The van der Waals surface area contributed by atoms with Crippen molar-refractivity contribution in [3.8, 4) is 11.5 Å². The normalized spacial score (nSPS) is 10.8. The van der Waals surface area contributed by atoms with Gasteiger partial charge in [-0.3, -0.25) is 14.4 Å². The summed E-state index contributed by atoms with van der Waals surface area (Å²) in [6, 6.07) is 31.3. The summed E-state index contributed by atoms with van der Waals surface area (Å²) in [6.07, 6.45) is 0. The van der Waals surface area contributed by atoms with Crippen LogP contribution in [0.4, 0.5) is 11.4 Å². The first-order valence-electron chi connectivity index (χ1n) is 12.6. The highest BCUT2D eigenvalue weighted by Gasteiger charge is 2.23. The molecule has 4 aromatic rings. The zero-order valence-electron chi connectivity index (χ0n) is 21.8. The Hall–Kier alpha value is -4.41. The molecule has 8 nitrogen and oxygen atoms in total. The van der Waals surface area contributed by atoms with Crippen molar-refractivity contribution < 1.29 is 22.7 Å². The van der Waals surface area contributed by atoms with E-state index in [0.29, 0.717) is 35.9 Å². The molecule has 0 saturated heterocycles. The van der Waals surface area contributed by atoms with Crippen molar-refractivity contribution in [2.75, 3.05) is 29.4 Å². The number of amides is 1. The maximum absolute atomic E-state index is 13.2. The maximum atomic E-state index is 13.2. The molecule has 0 aliphatic rings. The van der Waals surface area contributed by atoms with Crippen molar-refractivity contribution in [1.82, 2.24) is 5.32 Å². The van der Waals surface area contributed by atoms with E-state index in [9.17, 15) is 13.2 Å². The Bertz CT molecular complexity index is 1530. The van der Waals surface area contributed by atoms with Crippen LogP contribution in [0.15, 0.2) is 114 Å². The van der Waals surface area contributed by atoms with Gasteiger partial charge in [0.05, 0.1) is 10.6 Å². The Balaban J connectivity index is 1.30. The molecule has 0 bridgehead atoms. The first kappa shape index (κ1) is 28.6. The molecule has 0 fully saturated rings. The van der Waals surface area contributed by atoms with E-state index in [1.54, 1.807) is 67.6 Å². The molecule has 4 aromatic carbocycles. The third-order valence-electron chi connectivity index (χ3n) is 5.72. The van der Waals surface area contributed by atoms with Crippen molar-refractivity contribution >= 4 is 44.6 Å². The first-order valence-corrected chi connectivity index (χ1v) is 14.4. The third-order valence-corrected chi connectivity index (χ3v) is 7.84. The monoisotopic (exact) mass is 575 g/mol. The molecule has 0 aliphatic heterocycles. The van der Waals surface area contributed by atoms with Gasteiger partial charge in [0.2, 0.25) is 0 Å². The van der Waals surface area contributed by atoms with Crippen LogP contribution in [0, 0.1) is 0 Å². The van der Waals surface area contributed by atoms with E-state index in [4.69, 9.17) is 21.7 Å². The fourth-order valence-corrected chi connectivity index (χ4v) is 5.51. The summed E-state index contributed by atoms with van der Waals surface area (Å²) in [5.74, 6) is 0.868. The number of nitrogens with zero attached hydrogens (tertiary/aromatic N) is 1. The lowest BCUT2D eigenvalue weighted by molar-refractivity contribution is 0.0977. The minimum absolute atomic E-state index is 0.0719. The smallest absolute Gasteiger partial charge is 0.264 e. The van der Waals surface area contributed by atoms with Gasteiger partial charge in [0, 0.05) is 17.8 Å². The number of carbonyl (C=O) groups excluding carboxylic acids is 1. The summed E-state index contributed by atoms with van der Waals surface area (Å²) in [6.45, 7) is 2.74. The van der Waals surface area contributed by atoms with Crippen LogP contribution in [0.25, 0.3) is 0 Å². The van der Waals surface area contributed by atoms with Crippen LogP contribution in [-0.2, 0) is 10.0 Å². The topological polar surface area (TPSA) is 97.0 Å². The van der Waals surface area contributed by atoms with E-state index in [2.05, 4.69) is 10.6 Å². The molecule has 0 radical (unpaired) electrons. The number of benzene rings is 4. The number of rotatable bonds is 11. The van der Waals surface area contributed by atoms with Gasteiger partial charge in [-0.25, -0.2) is 8.42 Å². The highest BCUT2D eigenvalue weighted by atomic mass is 32.2. The summed E-state index contributed by atoms with van der Waals surface area (Å²) in [7, 11) is -3.75. The number of hydrogen-bond donors (Lipinski definition) is 2. The Morgan fingerprint density at radius 3 is 2.05 bits per heavy atom. The number of thiocarbonyl (C=S) groups is 1. The molecule has 0 atom stereocenters. The highest BCUT2D eigenvalue weighted by molar-refractivity contribution is 7.92. The highest BCUT2D eigenvalue weighted by Crippen LogP contribution is 2.24. The van der Waals surface area contributed by atoms with Crippen LogP contribution in [0.5, 0.6) is 11.5 Å². The Morgan fingerprint density at radius 2 is 1.40 bits per heavy atom. The number of carbonyl (C=O) groups is 1. The minimum Gasteiger partial charge on any atom is -0.490 e. The molecule has 206 valence electrons. The van der Waals surface area contributed by atoms with Gasteiger partial charge in [-0.05, 0) is 85.9 Å². The van der Waals surface area contributed by atoms with Gasteiger partial charge < -0.3 is 14.8 Å². The SMILES string of the molecule is CCN(c1ccccc1)S(=O)(=O)c1ccc(NC(=S)NC(=O)c2cccc(OCCOc3ccccc3)c2)cc1. The van der Waals surface area contributed by atoms with Gasteiger partial charge in [0.25, 0.3) is 15.9 Å². The van der Waals surface area contributed by atoms with Crippen molar-refractivity contribution in [2.24, 2.45) is 0 Å². The number of anilines is 2. The van der Waals surface area contributed by atoms with E-state index in [-0.39, 0.29) is 16.6 Å². The van der Waals surface area contributed by atoms with Crippen molar-refractivity contribution in [3.05, 3.63) is 115 Å². The molecule has 0 unspecified atom stereocenters. The van der Waals surface area contributed by atoms with E-state index in [1.165, 1.54) is 16.4 Å². The predicted octanol–water partition coefficient (Wildman–Crippen LogP) is 5.49. The number of nitrogens with one attached hydrogen (secondary N) is 2. The van der Waals surface area contributed by atoms with Crippen molar-refractivity contribution in [3.63, 3.8) is 0 Å². The molecular weight excluding hydrogens is 546 g/mol. The Kier molecular flexibility index (Phi) is 9.71. The molecule has 1 amide bonds. The summed E-state index contributed by atoms with van der Waals surface area (Å²) in [5.41, 5.74) is 1.49. The van der Waals surface area contributed by atoms with Crippen LogP contribution in [0.3, 0.4) is 0 Å². The number of ether oxygens (including phenoxy) is 2. The van der Waals surface area contributed by atoms with E-state index < -0.39 is 15.9 Å². The third kappa shape index (κ3) is 7.58. The summed E-state index contributed by atoms with van der Waals surface area (Å²) in [4.78, 5) is 12.9. The van der Waals surface area contributed by atoms with Gasteiger partial charge in [-0.2, -0.15) is 0 Å². The molecular formula is C30H29N3O5S2. The van der Waals surface area contributed by atoms with Crippen molar-refractivity contribution in [1.29, 1.82) is 0 Å². The molecule has 0 heterocycles. The maximum Gasteiger partial charge on any atom is 0.264 e. The van der Waals surface area contributed by atoms with Gasteiger partial charge in [-0.15, -0.1) is 0 Å². The number of sulfonamides is 1. The quantitative estimate of drug-likeness (QED) is 0.180. The standard InChI is InChI=1S/C30H29N3O5S2/c1-2-33(25-11-5-3-6-12-25)40(35,36)28-18-16-24(17-19-28)31-30(39)32-29(34)23-10-9-15-27(22-23)38-21-20-37-26-13-7-4-8-14-26/h3-19,22H,2,20-21H2,1H3,(H2,31,32,34,39). The Labute approximate surface area is 239 Å². The van der Waals surface area contributed by atoms with Crippen LogP contribution in [-0.4, -0.2) is 39.2 Å². The van der Waals surface area contributed by atoms with E-state index >= 15 is 0 Å². The largest absolute Gasteiger partial charge is 0.490 e. The van der Waals surface area contributed by atoms with Crippen LogP contribution < -0.4 is 24.4 Å². The second kappa shape index (κ2) is 13.6. The average Bonchev–Trinajstić information content (AvgIpc) is 2.97. The molecule has 4 rings (SSSR count). The molecule has 0 aliphatic carbocycles. The lowest BCUT2D eigenvalue weighted by Gasteiger charge is -2.23. The number of hydrogen-bond acceptors (Lipinski definition) is 6. The van der Waals surface area contributed by atoms with Crippen LogP contribution in [0.2, 0.25) is 0 Å². The summed E-state index contributed by atoms with van der Waals surface area (Å²) in [5, 5.41) is 5.61. The molecule has 2 N–H and O–H groups in total. The zero-order valence-corrected chi connectivity index (χ0v) is 23.5. The van der Waals surface area contributed by atoms with Gasteiger partial charge in [0.15, 0.2) is 5.11 Å². The van der Waals surface area contributed by atoms with Gasteiger partial charge >= 0.3 is 0 Å². The van der Waals surface area contributed by atoms with Crippen LogP contribution in [0.1, 0.15) is 17.3 Å². The second-order valence-corrected chi connectivity index (χ2v) is 10.7. The number of para-hydroxylation sites is 2. The molecule has 0 saturated carbocycles. The molecule has 0 spiro atoms. The molecule has 10 heteroatoms. The summed E-state index contributed by atoms with van der Waals surface area (Å²) < 4.78 is 39.0. The first-order chi connectivity index (χ1) is 19.4. The fraction of sp³-hybridized carbons (Fsp3) is 0.133. The van der Waals surface area contributed by atoms with Gasteiger partial charge in [0.1, 0.15) is 24.7 Å². The minimum atomic E-state index is -3.75.